The predicted octanol–water partition coefficient (Wildman–Crippen LogP) is 6.61. The van der Waals surface area contributed by atoms with Gasteiger partial charge in [-0.05, 0) is 84.1 Å². The van der Waals surface area contributed by atoms with Crippen LogP contribution in [0, 0.1) is 0 Å². The largest absolute Gasteiger partial charge is 0.439 e. The number of benzene rings is 2. The zero-order valence-corrected chi connectivity index (χ0v) is 22.9. The highest BCUT2D eigenvalue weighted by molar-refractivity contribution is 7.94. The Hall–Kier alpha value is -3.20. The van der Waals surface area contributed by atoms with Crippen molar-refractivity contribution in [1.82, 2.24) is 10.3 Å². The molecule has 0 radical (unpaired) electrons. The van der Waals surface area contributed by atoms with Crippen LogP contribution >= 0.6 is 11.3 Å². The van der Waals surface area contributed by atoms with Crippen molar-refractivity contribution in [2.45, 2.75) is 54.7 Å². The van der Waals surface area contributed by atoms with Crippen molar-refractivity contribution in [3.63, 3.8) is 0 Å². The first kappa shape index (κ1) is 25.1. The van der Waals surface area contributed by atoms with Crippen molar-refractivity contribution < 1.29 is 13.2 Å². The lowest BCUT2D eigenvalue weighted by molar-refractivity contribution is 0.164. The number of pyridine rings is 1. The van der Waals surface area contributed by atoms with Gasteiger partial charge >= 0.3 is 0 Å². The van der Waals surface area contributed by atoms with Crippen molar-refractivity contribution in [3.8, 4) is 11.6 Å². The molecule has 0 saturated heterocycles. The Morgan fingerprint density at radius 3 is 2.61 bits per heavy atom. The number of nitrogens with one attached hydrogen (secondary N) is 2. The van der Waals surface area contributed by atoms with Crippen molar-refractivity contribution in [2.24, 2.45) is 0 Å². The lowest BCUT2D eigenvalue weighted by Gasteiger charge is -2.50. The number of hydrogen-bond donors (Lipinski definition) is 2. The molecule has 2 aromatic carbocycles. The van der Waals surface area contributed by atoms with E-state index in [4.69, 9.17) is 4.74 Å². The average molecular weight is 546 g/mol. The Labute approximate surface area is 228 Å². The van der Waals surface area contributed by atoms with Gasteiger partial charge in [0.05, 0.1) is 11.9 Å². The van der Waals surface area contributed by atoms with Gasteiger partial charge in [-0.3, -0.25) is 4.72 Å². The Morgan fingerprint density at radius 1 is 1.11 bits per heavy atom. The Morgan fingerprint density at radius 2 is 1.95 bits per heavy atom. The molecule has 3 heterocycles. The third-order valence-corrected chi connectivity index (χ3v) is 10.7. The minimum absolute atomic E-state index is 0.0969. The number of nitrogens with zero attached hydrogens (tertiary/aromatic N) is 1. The van der Waals surface area contributed by atoms with E-state index in [0.717, 1.165) is 25.1 Å². The van der Waals surface area contributed by atoms with Crippen molar-refractivity contribution in [3.05, 3.63) is 101 Å². The van der Waals surface area contributed by atoms with Crippen LogP contribution in [0.15, 0.2) is 82.5 Å². The summed E-state index contributed by atoms with van der Waals surface area (Å²) in [5.41, 5.74) is 5.94. The van der Waals surface area contributed by atoms with Gasteiger partial charge in [0.15, 0.2) is 0 Å². The summed E-state index contributed by atoms with van der Waals surface area (Å²) < 4.78 is 33.9. The summed E-state index contributed by atoms with van der Waals surface area (Å²) in [5, 5.41) is 5.57. The molecule has 1 aliphatic carbocycles. The summed E-state index contributed by atoms with van der Waals surface area (Å²) >= 11 is 1.17. The summed E-state index contributed by atoms with van der Waals surface area (Å²) in [5.74, 6) is 1.14. The highest BCUT2D eigenvalue weighted by Crippen LogP contribution is 2.53. The van der Waals surface area contributed by atoms with Crippen LogP contribution < -0.4 is 14.8 Å². The molecule has 8 heteroatoms. The van der Waals surface area contributed by atoms with E-state index < -0.39 is 10.0 Å². The Bertz CT molecular complexity index is 1510. The third-order valence-electron chi connectivity index (χ3n) is 7.88. The van der Waals surface area contributed by atoms with E-state index in [9.17, 15) is 8.42 Å². The fourth-order valence-corrected chi connectivity index (χ4v) is 7.74. The normalized spacial score (nSPS) is 18.3. The molecule has 38 heavy (non-hydrogen) atoms. The molecule has 4 aromatic rings. The summed E-state index contributed by atoms with van der Waals surface area (Å²) in [4.78, 5) is 4.35. The molecule has 2 aliphatic rings. The van der Waals surface area contributed by atoms with E-state index >= 15 is 0 Å². The molecular formula is C30H31N3O3S2. The van der Waals surface area contributed by atoms with E-state index in [-0.39, 0.29) is 15.7 Å². The van der Waals surface area contributed by atoms with Crippen LogP contribution in [-0.2, 0) is 28.3 Å². The maximum absolute atomic E-state index is 12.5. The van der Waals surface area contributed by atoms with Crippen LogP contribution in [0.25, 0.3) is 0 Å². The number of fused-ring (bicyclic) bond motifs is 1. The molecular weight excluding hydrogens is 514 g/mol. The van der Waals surface area contributed by atoms with E-state index in [1.807, 2.05) is 6.07 Å². The van der Waals surface area contributed by atoms with Crippen molar-refractivity contribution >= 4 is 27.0 Å². The monoisotopic (exact) mass is 545 g/mol. The van der Waals surface area contributed by atoms with Crippen LogP contribution in [0.1, 0.15) is 54.5 Å². The molecule has 2 N–H and O–H groups in total. The van der Waals surface area contributed by atoms with E-state index in [1.165, 1.54) is 59.0 Å². The van der Waals surface area contributed by atoms with Crippen LogP contribution in [0.5, 0.6) is 11.6 Å². The number of aryl methyl sites for hydroxylation is 1. The zero-order chi connectivity index (χ0) is 26.2. The summed E-state index contributed by atoms with van der Waals surface area (Å²) in [6.07, 6.45) is 7.11. The first-order valence-corrected chi connectivity index (χ1v) is 15.5. The predicted molar refractivity (Wildman–Crippen MR) is 152 cm³/mol. The summed E-state index contributed by atoms with van der Waals surface area (Å²) in [7, 11) is -3.62. The van der Waals surface area contributed by atoms with Crippen LogP contribution in [0.3, 0.4) is 0 Å². The molecule has 1 saturated carbocycles. The van der Waals surface area contributed by atoms with Gasteiger partial charge in [0.2, 0.25) is 5.88 Å². The van der Waals surface area contributed by atoms with Gasteiger partial charge in [0, 0.05) is 17.5 Å². The minimum Gasteiger partial charge on any atom is -0.439 e. The number of thiophene rings is 1. The van der Waals surface area contributed by atoms with Gasteiger partial charge in [-0.25, -0.2) is 13.4 Å². The molecule has 0 amide bonds. The number of anilines is 1. The first-order chi connectivity index (χ1) is 18.5. The molecule has 2 aromatic heterocycles. The van der Waals surface area contributed by atoms with E-state index in [2.05, 4.69) is 58.3 Å². The average Bonchev–Trinajstić information content (AvgIpc) is 3.46. The molecule has 1 aliphatic heterocycles. The van der Waals surface area contributed by atoms with Gasteiger partial charge in [-0.2, -0.15) is 0 Å². The number of ether oxygens (including phenoxy) is 1. The standard InChI is InChI=1S/C30H31N3O3S2/c1-2-21-6-9-23(10-7-21)30(15-4-16-30)29-26-19-25(12-8-22(26)14-17-31-29)36-27-13-11-24(20-32-27)33-38(34,35)28-5-3-18-37-28/h3,5-13,18-20,29,31,33H,2,4,14-17H2,1H3. The van der Waals surface area contributed by atoms with E-state index in [1.54, 1.807) is 29.6 Å². The second kappa shape index (κ2) is 10.2. The minimum atomic E-state index is -3.62. The summed E-state index contributed by atoms with van der Waals surface area (Å²) in [6.45, 7) is 3.16. The van der Waals surface area contributed by atoms with Gasteiger partial charge in [0.25, 0.3) is 10.0 Å². The number of aromatic nitrogens is 1. The zero-order valence-electron chi connectivity index (χ0n) is 21.3. The lowest BCUT2D eigenvalue weighted by Crippen LogP contribution is -2.49. The highest BCUT2D eigenvalue weighted by Gasteiger charge is 2.47. The van der Waals surface area contributed by atoms with E-state index in [0.29, 0.717) is 11.6 Å². The molecule has 0 bridgehead atoms. The Balaban J connectivity index is 1.23. The number of hydrogen-bond acceptors (Lipinski definition) is 6. The van der Waals surface area contributed by atoms with Gasteiger partial charge in [-0.1, -0.05) is 49.7 Å². The SMILES string of the molecule is CCc1ccc(C2(C3NCCc4ccc(Oc5ccc(NS(=O)(=O)c6cccs6)cn5)cc43)CCC2)cc1. The van der Waals surface area contributed by atoms with Gasteiger partial charge in [0.1, 0.15) is 9.96 Å². The lowest BCUT2D eigenvalue weighted by atomic mass is 9.58. The molecule has 1 atom stereocenters. The fraction of sp³-hybridized carbons (Fsp3) is 0.300. The maximum Gasteiger partial charge on any atom is 0.271 e. The van der Waals surface area contributed by atoms with Crippen molar-refractivity contribution in [1.29, 1.82) is 0 Å². The van der Waals surface area contributed by atoms with Crippen LogP contribution in [-0.4, -0.2) is 19.9 Å². The second-order valence-electron chi connectivity index (χ2n) is 10.1. The first-order valence-electron chi connectivity index (χ1n) is 13.1. The van der Waals surface area contributed by atoms with Crippen LogP contribution in [0.4, 0.5) is 5.69 Å². The second-order valence-corrected chi connectivity index (χ2v) is 12.9. The molecule has 6 rings (SSSR count). The number of sulfonamides is 1. The number of rotatable bonds is 8. The quantitative estimate of drug-likeness (QED) is 0.261. The highest BCUT2D eigenvalue weighted by atomic mass is 32.2. The molecule has 0 spiro atoms. The van der Waals surface area contributed by atoms with Crippen LogP contribution in [0.2, 0.25) is 0 Å². The fourth-order valence-electron chi connectivity index (χ4n) is 5.70. The molecule has 1 unspecified atom stereocenters. The van der Waals surface area contributed by atoms with Crippen molar-refractivity contribution in [2.75, 3.05) is 11.3 Å². The molecule has 6 nitrogen and oxygen atoms in total. The molecule has 1 fully saturated rings. The van der Waals surface area contributed by atoms with Gasteiger partial charge < -0.3 is 10.1 Å². The smallest absolute Gasteiger partial charge is 0.271 e. The van der Waals surface area contributed by atoms with Gasteiger partial charge in [-0.15, -0.1) is 11.3 Å². The molecule has 196 valence electrons. The summed E-state index contributed by atoms with van der Waals surface area (Å²) in [6, 6.07) is 22.4. The Kier molecular flexibility index (Phi) is 6.72. The maximum atomic E-state index is 12.5. The topological polar surface area (TPSA) is 80.3 Å². The third kappa shape index (κ3) is 4.72.